The summed E-state index contributed by atoms with van der Waals surface area (Å²) in [4.78, 5) is 75.3. The van der Waals surface area contributed by atoms with E-state index in [1.807, 2.05) is 0 Å². The van der Waals surface area contributed by atoms with Crippen molar-refractivity contribution in [2.24, 2.45) is 0 Å². The van der Waals surface area contributed by atoms with Gasteiger partial charge in [0.25, 0.3) is 17.1 Å². The first-order valence-corrected chi connectivity index (χ1v) is 17.8. The molecular weight excluding hydrogens is 782 g/mol. The number of nitrogens with zero attached hydrogens (tertiary/aromatic N) is 3. The van der Waals surface area contributed by atoms with Crippen LogP contribution in [0.15, 0.2) is 97.1 Å². The van der Waals surface area contributed by atoms with E-state index < -0.39 is 32.7 Å². The summed E-state index contributed by atoms with van der Waals surface area (Å²) >= 11 is 5.80. The van der Waals surface area contributed by atoms with Gasteiger partial charge in [0.15, 0.2) is 0 Å². The fourth-order valence-corrected chi connectivity index (χ4v) is 4.23. The number of para-hydroxylation sites is 1. The molecule has 0 heterocycles. The van der Waals surface area contributed by atoms with Crippen LogP contribution < -0.4 is 0 Å². The van der Waals surface area contributed by atoms with Crippen LogP contribution in [0.5, 0.6) is 0 Å². The Morgan fingerprint density at radius 2 is 0.879 bits per heavy atom. The molecule has 0 saturated carbocycles. The number of benzene rings is 4. The molecule has 0 amide bonds. The van der Waals surface area contributed by atoms with Gasteiger partial charge >= 0.3 is 23.9 Å². The van der Waals surface area contributed by atoms with Crippen LogP contribution in [0.1, 0.15) is 96.8 Å². The van der Waals surface area contributed by atoms with Gasteiger partial charge < -0.3 is 18.9 Å². The highest BCUT2D eigenvalue weighted by atomic mass is 35.5. The quantitative estimate of drug-likeness (QED) is 0.0593. The molecular formula is C40H44ClN3O14. The number of esters is 4. The molecule has 0 aliphatic carbocycles. The average Bonchev–Trinajstić information content (AvgIpc) is 3.14. The van der Waals surface area contributed by atoms with Gasteiger partial charge in [-0.2, -0.15) is 0 Å². The molecule has 0 atom stereocenters. The molecule has 0 radical (unpaired) electrons. The lowest BCUT2D eigenvalue weighted by Gasteiger charge is -2.08. The van der Waals surface area contributed by atoms with Gasteiger partial charge in [-0.05, 0) is 91.8 Å². The second-order valence-corrected chi connectivity index (χ2v) is 13.1. The van der Waals surface area contributed by atoms with E-state index in [9.17, 15) is 49.5 Å². The highest BCUT2D eigenvalue weighted by molar-refractivity contribution is 6.33. The summed E-state index contributed by atoms with van der Waals surface area (Å²) in [7, 11) is 0. The van der Waals surface area contributed by atoms with Crippen LogP contribution in [-0.4, -0.2) is 63.1 Å². The van der Waals surface area contributed by atoms with Gasteiger partial charge in [-0.25, -0.2) is 19.2 Å². The first-order chi connectivity index (χ1) is 27.1. The van der Waals surface area contributed by atoms with E-state index in [1.54, 1.807) is 85.7 Å². The van der Waals surface area contributed by atoms with Crippen LogP contribution in [0.3, 0.4) is 0 Å². The fourth-order valence-electron chi connectivity index (χ4n) is 4.02. The number of rotatable bonds is 11. The molecule has 0 aromatic heterocycles. The molecule has 4 aromatic rings. The fraction of sp³-hybridized carbons (Fsp3) is 0.300. The number of carbonyl (C=O) groups excluding carboxylic acids is 4. The van der Waals surface area contributed by atoms with E-state index >= 15 is 0 Å². The van der Waals surface area contributed by atoms with E-state index in [4.69, 9.17) is 30.5 Å². The number of nitro groups is 3. The van der Waals surface area contributed by atoms with Crippen molar-refractivity contribution < 1.29 is 52.9 Å². The smallest absolute Gasteiger partial charge is 0.345 e. The Bertz CT molecular complexity index is 2030. The van der Waals surface area contributed by atoms with Crippen molar-refractivity contribution in [2.45, 2.75) is 79.8 Å². The second kappa shape index (κ2) is 24.7. The van der Waals surface area contributed by atoms with E-state index in [0.29, 0.717) is 16.1 Å². The Kier molecular flexibility index (Phi) is 21.0. The summed E-state index contributed by atoms with van der Waals surface area (Å²) in [5.74, 6) is -2.06. The van der Waals surface area contributed by atoms with E-state index in [0.717, 1.165) is 0 Å². The van der Waals surface area contributed by atoms with Gasteiger partial charge in [0.1, 0.15) is 5.56 Å². The predicted octanol–water partition coefficient (Wildman–Crippen LogP) is 9.39. The molecule has 0 aliphatic rings. The van der Waals surface area contributed by atoms with Crippen LogP contribution in [0.2, 0.25) is 5.02 Å². The molecule has 0 fully saturated rings. The lowest BCUT2D eigenvalue weighted by Crippen LogP contribution is -2.13. The van der Waals surface area contributed by atoms with Crippen molar-refractivity contribution in [3.8, 4) is 0 Å². The Hall–Kier alpha value is -6.75. The minimum atomic E-state index is -0.669. The monoisotopic (exact) mass is 825 g/mol. The molecule has 18 heteroatoms. The summed E-state index contributed by atoms with van der Waals surface area (Å²) in [6.45, 7) is 13.9. The maximum atomic E-state index is 11.5. The van der Waals surface area contributed by atoms with Gasteiger partial charge in [-0.1, -0.05) is 41.9 Å². The molecule has 0 unspecified atom stereocenters. The van der Waals surface area contributed by atoms with Crippen molar-refractivity contribution in [1.82, 2.24) is 0 Å². The number of carbonyl (C=O) groups is 4. The Balaban J connectivity index is 0.000000387. The number of nitro benzene ring substituents is 3. The summed E-state index contributed by atoms with van der Waals surface area (Å²) in [6.07, 6.45) is -0.856. The van der Waals surface area contributed by atoms with Crippen LogP contribution >= 0.6 is 11.6 Å². The normalized spacial score (nSPS) is 10.1. The number of ether oxygens (including phenoxy) is 4. The molecule has 0 aliphatic heterocycles. The maximum Gasteiger partial charge on any atom is 0.345 e. The van der Waals surface area contributed by atoms with Crippen LogP contribution in [0.25, 0.3) is 0 Å². The highest BCUT2D eigenvalue weighted by Crippen LogP contribution is 2.20. The SMILES string of the molecule is CC(C)OC(=O)c1ccc([N+](=O)[O-])cc1.CC(C)OC(=O)c1cccc([N+](=O)[O-])c1.CC(C)OC(=O)c1ccccc1Cl.CC(C)OC(=O)c1ccccc1[N+](=O)[O-]. The standard InChI is InChI=1S/C10H11ClO2.3C10H11NO4/c1-7(2)13-10(12)8-5-3-4-6-9(8)11;1-7(2)15-10(12)8-3-5-9(6-4-8)11(13)14;1-7(2)15-10(12)8-4-3-5-9(6-8)11(13)14;1-7(2)15-10(12)8-5-3-4-6-9(8)11(13)14/h3-7H,1-2H3;3*3-7H,1-2H3. The van der Waals surface area contributed by atoms with Crippen molar-refractivity contribution in [2.75, 3.05) is 0 Å². The lowest BCUT2D eigenvalue weighted by atomic mass is 10.2. The molecule has 4 aromatic carbocycles. The third kappa shape index (κ3) is 18.3. The van der Waals surface area contributed by atoms with Crippen LogP contribution in [-0.2, 0) is 18.9 Å². The molecule has 4 rings (SSSR count). The van der Waals surface area contributed by atoms with Crippen LogP contribution in [0.4, 0.5) is 17.1 Å². The van der Waals surface area contributed by atoms with Crippen LogP contribution in [0, 0.1) is 30.3 Å². The van der Waals surface area contributed by atoms with Gasteiger partial charge in [-0.3, -0.25) is 30.3 Å². The number of non-ortho nitro benzene ring substituents is 2. The first-order valence-electron chi connectivity index (χ1n) is 17.4. The van der Waals surface area contributed by atoms with Gasteiger partial charge in [0.05, 0.1) is 60.9 Å². The number of halogens is 1. The molecule has 0 N–H and O–H groups in total. The van der Waals surface area contributed by atoms with Gasteiger partial charge in [0.2, 0.25) is 0 Å². The van der Waals surface area contributed by atoms with Gasteiger partial charge in [0, 0.05) is 30.3 Å². The topological polar surface area (TPSA) is 235 Å². The molecule has 0 saturated heterocycles. The molecule has 0 bridgehead atoms. The lowest BCUT2D eigenvalue weighted by molar-refractivity contribution is -0.385. The maximum absolute atomic E-state index is 11.5. The zero-order valence-electron chi connectivity index (χ0n) is 33.0. The number of hydrogen-bond donors (Lipinski definition) is 0. The highest BCUT2D eigenvalue weighted by Gasteiger charge is 2.21. The van der Waals surface area contributed by atoms with Crippen molar-refractivity contribution >= 4 is 52.5 Å². The summed E-state index contributed by atoms with van der Waals surface area (Å²) in [5, 5.41) is 31.8. The Labute approximate surface area is 339 Å². The van der Waals surface area contributed by atoms with E-state index in [1.165, 1.54) is 66.7 Å². The summed E-state index contributed by atoms with van der Waals surface area (Å²) in [5.41, 5.74) is 0.508. The van der Waals surface area contributed by atoms with Crippen molar-refractivity contribution in [3.05, 3.63) is 155 Å². The zero-order chi connectivity index (χ0) is 44.1. The number of hydrogen-bond acceptors (Lipinski definition) is 14. The summed E-state index contributed by atoms with van der Waals surface area (Å²) in [6, 6.07) is 23.3. The Morgan fingerprint density at radius 1 is 0.466 bits per heavy atom. The first kappa shape index (κ1) is 49.3. The van der Waals surface area contributed by atoms with Crippen molar-refractivity contribution in [1.29, 1.82) is 0 Å². The zero-order valence-corrected chi connectivity index (χ0v) is 33.7. The minimum Gasteiger partial charge on any atom is -0.459 e. The molecule has 58 heavy (non-hydrogen) atoms. The van der Waals surface area contributed by atoms with E-state index in [2.05, 4.69) is 0 Å². The van der Waals surface area contributed by atoms with E-state index in [-0.39, 0.29) is 58.6 Å². The molecule has 17 nitrogen and oxygen atoms in total. The largest absolute Gasteiger partial charge is 0.459 e. The predicted molar refractivity (Wildman–Crippen MR) is 213 cm³/mol. The average molecular weight is 826 g/mol. The third-order valence-corrected chi connectivity index (χ3v) is 6.72. The van der Waals surface area contributed by atoms with Crippen molar-refractivity contribution in [3.63, 3.8) is 0 Å². The minimum absolute atomic E-state index is 0.0174. The molecule has 0 spiro atoms. The second-order valence-electron chi connectivity index (χ2n) is 12.7. The van der Waals surface area contributed by atoms with Gasteiger partial charge in [-0.15, -0.1) is 0 Å². The third-order valence-electron chi connectivity index (χ3n) is 6.39. The summed E-state index contributed by atoms with van der Waals surface area (Å²) < 4.78 is 19.7. The molecule has 310 valence electrons. The Morgan fingerprint density at radius 3 is 1.33 bits per heavy atom.